The summed E-state index contributed by atoms with van der Waals surface area (Å²) < 4.78 is 35.6. The average molecular weight is 222 g/mol. The van der Waals surface area contributed by atoms with Gasteiger partial charge in [-0.1, -0.05) is 44.8 Å². The molecule has 0 aliphatic heterocycles. The van der Waals surface area contributed by atoms with Crippen LogP contribution >= 0.6 is 0 Å². The van der Waals surface area contributed by atoms with Crippen LogP contribution in [0.1, 0.15) is 58.3 Å². The topological polar surface area (TPSA) is 0 Å². The summed E-state index contributed by atoms with van der Waals surface area (Å²) in [6, 6.07) is 0. The third-order valence-corrected chi connectivity index (χ3v) is 2.40. The summed E-state index contributed by atoms with van der Waals surface area (Å²) in [5.41, 5.74) is 0.740. The van der Waals surface area contributed by atoms with Gasteiger partial charge in [0.25, 0.3) is 0 Å². The number of rotatable bonds is 8. The Balaban J connectivity index is 3.34. The molecule has 0 N–H and O–H groups in total. The van der Waals surface area contributed by atoms with Crippen LogP contribution in [-0.2, 0) is 0 Å². The lowest BCUT2D eigenvalue weighted by Crippen LogP contribution is -2.06. The van der Waals surface area contributed by atoms with Crippen molar-refractivity contribution in [2.75, 3.05) is 0 Å². The van der Waals surface area contributed by atoms with Crippen molar-refractivity contribution in [1.29, 1.82) is 0 Å². The predicted octanol–water partition coefficient (Wildman–Crippen LogP) is 5.25. The fraction of sp³-hybridized carbons (Fsp3) is 0.833. The summed E-state index contributed by atoms with van der Waals surface area (Å²) in [7, 11) is 0. The first kappa shape index (κ1) is 14.5. The van der Waals surface area contributed by atoms with E-state index in [1.54, 1.807) is 0 Å². The SMILES string of the molecule is C=C(CCCCCCC)CCC(F)(F)F. The smallest absolute Gasteiger partial charge is 0.171 e. The Morgan fingerprint density at radius 3 is 2.13 bits per heavy atom. The van der Waals surface area contributed by atoms with Crippen molar-refractivity contribution in [3.63, 3.8) is 0 Å². The van der Waals surface area contributed by atoms with Gasteiger partial charge < -0.3 is 0 Å². The van der Waals surface area contributed by atoms with Crippen molar-refractivity contribution in [3.8, 4) is 0 Å². The van der Waals surface area contributed by atoms with Crippen LogP contribution in [-0.4, -0.2) is 6.18 Å². The monoisotopic (exact) mass is 222 g/mol. The van der Waals surface area contributed by atoms with E-state index in [9.17, 15) is 13.2 Å². The molecule has 0 unspecified atom stereocenters. The minimum atomic E-state index is -4.04. The highest BCUT2D eigenvalue weighted by molar-refractivity contribution is 4.94. The second kappa shape index (κ2) is 7.77. The van der Waals surface area contributed by atoms with Gasteiger partial charge in [0.2, 0.25) is 0 Å². The zero-order valence-corrected chi connectivity index (χ0v) is 9.50. The van der Waals surface area contributed by atoms with E-state index in [-0.39, 0.29) is 6.42 Å². The molecule has 0 fully saturated rings. The van der Waals surface area contributed by atoms with Gasteiger partial charge in [-0.2, -0.15) is 13.2 Å². The summed E-state index contributed by atoms with van der Waals surface area (Å²) in [6.45, 7) is 5.82. The Hall–Kier alpha value is -0.470. The molecular weight excluding hydrogens is 201 g/mol. The van der Waals surface area contributed by atoms with Crippen molar-refractivity contribution < 1.29 is 13.2 Å². The molecule has 0 spiro atoms. The van der Waals surface area contributed by atoms with Gasteiger partial charge in [-0.15, -0.1) is 0 Å². The quantitative estimate of drug-likeness (QED) is 0.389. The minimum absolute atomic E-state index is 0.0945. The molecule has 3 heteroatoms. The lowest BCUT2D eigenvalue weighted by Gasteiger charge is -2.08. The molecule has 0 atom stereocenters. The van der Waals surface area contributed by atoms with Crippen LogP contribution in [0.15, 0.2) is 12.2 Å². The maximum Gasteiger partial charge on any atom is 0.389 e. The zero-order chi connectivity index (χ0) is 11.7. The van der Waals surface area contributed by atoms with Gasteiger partial charge in [0.15, 0.2) is 0 Å². The molecule has 0 radical (unpaired) electrons. The third-order valence-electron chi connectivity index (χ3n) is 2.40. The first-order valence-corrected chi connectivity index (χ1v) is 5.69. The Morgan fingerprint density at radius 1 is 1.00 bits per heavy atom. The summed E-state index contributed by atoms with van der Waals surface area (Å²) in [5.74, 6) is 0. The molecule has 0 amide bonds. The van der Waals surface area contributed by atoms with Crippen LogP contribution in [0.25, 0.3) is 0 Å². The first-order valence-electron chi connectivity index (χ1n) is 5.69. The van der Waals surface area contributed by atoms with Gasteiger partial charge in [-0.05, 0) is 19.3 Å². The number of unbranched alkanes of at least 4 members (excludes halogenated alkanes) is 4. The lowest BCUT2D eigenvalue weighted by molar-refractivity contribution is -0.134. The van der Waals surface area contributed by atoms with Crippen LogP contribution in [0, 0.1) is 0 Å². The number of alkyl halides is 3. The lowest BCUT2D eigenvalue weighted by atomic mass is 10.0. The Labute approximate surface area is 90.6 Å². The Bertz CT molecular complexity index is 170. The maximum atomic E-state index is 11.9. The highest BCUT2D eigenvalue weighted by Gasteiger charge is 2.26. The van der Waals surface area contributed by atoms with Crippen LogP contribution in [0.3, 0.4) is 0 Å². The zero-order valence-electron chi connectivity index (χ0n) is 9.50. The van der Waals surface area contributed by atoms with E-state index in [4.69, 9.17) is 0 Å². The molecule has 90 valence electrons. The molecule has 0 aromatic carbocycles. The summed E-state index contributed by atoms with van der Waals surface area (Å²) >= 11 is 0. The third kappa shape index (κ3) is 11.5. The van der Waals surface area contributed by atoms with Gasteiger partial charge in [0.1, 0.15) is 0 Å². The second-order valence-electron chi connectivity index (χ2n) is 4.03. The van der Waals surface area contributed by atoms with Crippen molar-refractivity contribution >= 4 is 0 Å². The van der Waals surface area contributed by atoms with Gasteiger partial charge in [-0.3, -0.25) is 0 Å². The van der Waals surface area contributed by atoms with Crippen LogP contribution in [0.4, 0.5) is 13.2 Å². The van der Waals surface area contributed by atoms with Crippen molar-refractivity contribution in [3.05, 3.63) is 12.2 Å². The predicted molar refractivity (Wildman–Crippen MR) is 57.8 cm³/mol. The van der Waals surface area contributed by atoms with E-state index in [1.165, 1.54) is 19.3 Å². The molecule has 0 bridgehead atoms. The first-order chi connectivity index (χ1) is 6.95. The molecule has 0 saturated carbocycles. The van der Waals surface area contributed by atoms with E-state index in [0.29, 0.717) is 0 Å². The minimum Gasteiger partial charge on any atom is -0.171 e. The van der Waals surface area contributed by atoms with E-state index in [2.05, 4.69) is 13.5 Å². The average Bonchev–Trinajstić information content (AvgIpc) is 2.13. The largest absolute Gasteiger partial charge is 0.389 e. The van der Waals surface area contributed by atoms with E-state index >= 15 is 0 Å². The molecule has 0 aromatic heterocycles. The highest BCUT2D eigenvalue weighted by Crippen LogP contribution is 2.25. The number of hydrogen-bond donors (Lipinski definition) is 0. The fourth-order valence-corrected chi connectivity index (χ4v) is 1.42. The van der Waals surface area contributed by atoms with Gasteiger partial charge in [0.05, 0.1) is 0 Å². The fourth-order valence-electron chi connectivity index (χ4n) is 1.42. The molecule has 0 nitrogen and oxygen atoms in total. The van der Waals surface area contributed by atoms with E-state index < -0.39 is 12.6 Å². The van der Waals surface area contributed by atoms with Crippen LogP contribution in [0.5, 0.6) is 0 Å². The van der Waals surface area contributed by atoms with Gasteiger partial charge >= 0.3 is 6.18 Å². The number of hydrogen-bond acceptors (Lipinski definition) is 0. The van der Waals surface area contributed by atoms with Gasteiger partial charge in [-0.25, -0.2) is 0 Å². The van der Waals surface area contributed by atoms with Crippen LogP contribution in [0.2, 0.25) is 0 Å². The molecule has 0 aromatic rings. The normalized spacial score (nSPS) is 11.7. The van der Waals surface area contributed by atoms with Crippen molar-refractivity contribution in [1.82, 2.24) is 0 Å². The molecule has 0 heterocycles. The van der Waals surface area contributed by atoms with Crippen molar-refractivity contribution in [2.45, 2.75) is 64.5 Å². The number of allylic oxidation sites excluding steroid dienone is 1. The van der Waals surface area contributed by atoms with Crippen LogP contribution < -0.4 is 0 Å². The molecular formula is C12H21F3. The molecule has 0 aliphatic carbocycles. The summed E-state index contributed by atoms with van der Waals surface area (Å²) in [4.78, 5) is 0. The summed E-state index contributed by atoms with van der Waals surface area (Å²) in [5, 5.41) is 0. The Kier molecular flexibility index (Phi) is 7.53. The highest BCUT2D eigenvalue weighted by atomic mass is 19.4. The Morgan fingerprint density at radius 2 is 1.60 bits per heavy atom. The van der Waals surface area contributed by atoms with E-state index in [1.807, 2.05) is 0 Å². The van der Waals surface area contributed by atoms with E-state index in [0.717, 1.165) is 24.8 Å². The second-order valence-corrected chi connectivity index (χ2v) is 4.03. The number of halogens is 3. The molecule has 0 rings (SSSR count). The van der Waals surface area contributed by atoms with Crippen molar-refractivity contribution in [2.24, 2.45) is 0 Å². The maximum absolute atomic E-state index is 11.9. The standard InChI is InChI=1S/C12H21F3/c1-3-4-5-6-7-8-11(2)9-10-12(13,14)15/h2-10H2,1H3. The molecule has 0 saturated heterocycles. The summed E-state index contributed by atoms with van der Waals surface area (Å²) in [6.07, 6.45) is 1.77. The van der Waals surface area contributed by atoms with Gasteiger partial charge in [0, 0.05) is 6.42 Å². The molecule has 15 heavy (non-hydrogen) atoms. The molecule has 0 aliphatic rings.